The Morgan fingerprint density at radius 3 is 1.01 bits per heavy atom. The summed E-state index contributed by atoms with van der Waals surface area (Å²) in [5, 5.41) is 13.8. The van der Waals surface area contributed by atoms with Crippen LogP contribution in [0.5, 0.6) is 0 Å². The van der Waals surface area contributed by atoms with Gasteiger partial charge in [-0.15, -0.1) is 45.3 Å². The number of ether oxygens (including phenoxy) is 1. The van der Waals surface area contributed by atoms with Gasteiger partial charge in [0.05, 0.1) is 70.8 Å². The van der Waals surface area contributed by atoms with Gasteiger partial charge in [0.25, 0.3) is 22.2 Å². The van der Waals surface area contributed by atoms with E-state index in [1.54, 1.807) is 137 Å². The van der Waals surface area contributed by atoms with E-state index in [9.17, 15) is 24.0 Å². The zero-order valence-electron chi connectivity index (χ0n) is 75.7. The van der Waals surface area contributed by atoms with E-state index in [0.717, 1.165) is 241 Å². The van der Waals surface area contributed by atoms with Crippen molar-refractivity contribution in [3.63, 3.8) is 0 Å². The molecule has 702 valence electrons. The van der Waals surface area contributed by atoms with Crippen LogP contribution < -0.4 is 44.3 Å². The summed E-state index contributed by atoms with van der Waals surface area (Å²) in [5.41, 5.74) is 20.5. The molecule has 0 saturated carbocycles. The van der Waals surface area contributed by atoms with Gasteiger partial charge < -0.3 is 46.8 Å². The van der Waals surface area contributed by atoms with Gasteiger partial charge in [0.15, 0.2) is 0 Å². The number of amides is 1. The van der Waals surface area contributed by atoms with Crippen LogP contribution in [0.1, 0.15) is 164 Å². The molecule has 4 fully saturated rings. The molecule has 0 radical (unpaired) electrons. The van der Waals surface area contributed by atoms with Crippen LogP contribution in [-0.4, -0.2) is 209 Å². The fraction of sp³-hybridized carbons (Fsp3) is 0.351. The second-order valence-electron chi connectivity index (χ2n) is 34.7. The van der Waals surface area contributed by atoms with E-state index >= 15 is 0 Å². The minimum Gasteiger partial charge on any atom is -0.444 e. The lowest BCUT2D eigenvalue weighted by Gasteiger charge is -2.31. The number of carbonyl (C=O) groups excluding carboxylic acids is 1. The number of likely N-dealkylation sites (tertiary alicyclic amines) is 4. The number of thiophene rings is 4. The first-order valence-corrected chi connectivity index (χ1v) is 48.7. The van der Waals surface area contributed by atoms with Crippen LogP contribution in [0.4, 0.5) is 4.79 Å². The summed E-state index contributed by atoms with van der Waals surface area (Å²) >= 11 is 6.36. The van der Waals surface area contributed by atoms with Crippen LogP contribution >= 0.6 is 45.3 Å². The molecule has 0 aliphatic carbocycles. The molecule has 16 aromatic rings. The second-order valence-corrected chi connectivity index (χ2v) is 38.5. The SMILES string of the molecule is CC(C)(C)OC(=O)NCc1cnc(-n2cnc(CN3CCCC(c4nc(-c5cccs5)cc(=O)[nH]4)C3)c2)nc1.CNCc1cnc(-n2cnc(CN3CCCC(c4nc(-c5cccs5)cc(=O)[nH]4)C3)c2)nc1.NCc1ccnc(-n2cnc(CN3CCCC(c4nc(-c5cccs5)cc(=O)[nH]4)C3)c2)n1.NCc1cnc(-n2cnc(CN3CCCC(c4nc(-c5cccs5)cc(=O)[nH]4)C3)c2)nc1. The second kappa shape index (κ2) is 44.8. The van der Waals surface area contributed by atoms with Crippen LogP contribution in [-0.2, 0) is 57.1 Å². The Bertz CT molecular complexity index is 6810. The third-order valence-corrected chi connectivity index (χ3v) is 26.7. The number of aromatic nitrogens is 24. The summed E-state index contributed by atoms with van der Waals surface area (Å²) in [6, 6.07) is 24.0. The van der Waals surface area contributed by atoms with Crippen molar-refractivity contribution in [1.82, 2.24) is 148 Å². The normalized spacial score (nSPS) is 16.7. The van der Waals surface area contributed by atoms with E-state index in [2.05, 4.69) is 110 Å². The summed E-state index contributed by atoms with van der Waals surface area (Å²) < 4.78 is 12.5. The number of alkyl carbamates (subject to hydrolysis) is 1. The molecule has 42 heteroatoms. The van der Waals surface area contributed by atoms with Crippen molar-refractivity contribution in [1.29, 1.82) is 0 Å². The maximum Gasteiger partial charge on any atom is 0.407 e. The minimum absolute atomic E-state index is 0.0972. The number of H-pyrrole nitrogens is 4. The van der Waals surface area contributed by atoms with E-state index in [1.807, 2.05) is 149 Å². The Morgan fingerprint density at radius 2 is 0.721 bits per heavy atom. The van der Waals surface area contributed by atoms with Crippen LogP contribution in [0.2, 0.25) is 0 Å². The number of imidazole rings is 4. The maximum absolute atomic E-state index is 12.3. The number of carbonyl (C=O) groups is 1. The summed E-state index contributed by atoms with van der Waals surface area (Å²) in [6.45, 7) is 17.3. The van der Waals surface area contributed by atoms with Gasteiger partial charge in [-0.1, -0.05) is 24.3 Å². The lowest BCUT2D eigenvalue weighted by Crippen LogP contribution is -2.35. The maximum atomic E-state index is 12.3. The van der Waals surface area contributed by atoms with Gasteiger partial charge in [0, 0.05) is 211 Å². The Balaban J connectivity index is 0.000000126. The van der Waals surface area contributed by atoms with Crippen molar-refractivity contribution < 1.29 is 9.53 Å². The lowest BCUT2D eigenvalue weighted by molar-refractivity contribution is 0.0523. The molecule has 136 heavy (non-hydrogen) atoms. The Morgan fingerprint density at radius 1 is 0.404 bits per heavy atom. The lowest BCUT2D eigenvalue weighted by atomic mass is 9.97. The minimum atomic E-state index is -0.552. The van der Waals surface area contributed by atoms with E-state index < -0.39 is 11.7 Å². The zero-order valence-corrected chi connectivity index (χ0v) is 79.0. The summed E-state index contributed by atoms with van der Waals surface area (Å²) in [4.78, 5) is 159. The molecular weight excluding hydrogens is 1800 g/mol. The van der Waals surface area contributed by atoms with Crippen LogP contribution in [0.15, 0.2) is 213 Å². The molecule has 4 unspecified atom stereocenters. The molecule has 10 N–H and O–H groups in total. The average Bonchev–Trinajstić information content (AvgIpc) is 1.23. The molecule has 4 saturated heterocycles. The van der Waals surface area contributed by atoms with Crippen molar-refractivity contribution in [3.05, 3.63) is 304 Å². The van der Waals surface area contributed by atoms with Gasteiger partial charge in [0.2, 0.25) is 23.8 Å². The number of piperidine rings is 4. The van der Waals surface area contributed by atoms with E-state index in [-0.39, 0.29) is 52.5 Å². The van der Waals surface area contributed by atoms with Crippen molar-refractivity contribution in [2.24, 2.45) is 11.5 Å². The molecule has 0 spiro atoms. The molecule has 0 aromatic carbocycles. The topological polar surface area (TPSA) is 473 Å². The standard InChI is InChI=1S/C27H32N8O3S.C23H26N8OS.2C22H24N8OS/c1-27(2,3)38-26(37)30-13-18-11-28-25(29-12-18)35-16-20(31-17-35)15-34-8-4-6-19(14-34)24-32-21(10-23(36)33-24)22-7-5-9-39-22;1-24-9-16-10-25-23(26-11-16)31-14-18(27-15-31)13-30-6-2-4-17(12-30)22-28-19(8-21(32)29-22)20-5-3-7-33-20;23-10-16-5-6-24-22(26-16)30-13-17(25-14-30)12-29-7-1-3-15(11-29)21-27-18(9-20(31)28-21)19-4-2-8-32-19;23-8-15-9-24-22(25-10-15)30-13-17(26-14-30)12-29-5-1-3-16(11-29)21-27-18(7-20(31)28-21)19-4-2-6-32-19/h5,7,9-12,16-17,19H,4,6,8,13-15H2,1-3H3,(H,30,37)(H,32,33,36);3,5,7-8,10-11,14-15,17,24H,2,4,6,9,12-13H2,1H3,(H,28,29,32);2,4-6,8-9,13-15H,1,3,7,10-12,23H2,(H,27,28,31);2,4,6-7,9-10,13-14,16H,1,3,5,8,11-12,23H2,(H,27,28,31). The molecule has 20 rings (SSSR count). The van der Waals surface area contributed by atoms with E-state index in [0.29, 0.717) is 43.4 Å². The average molecular weight is 1910 g/mol. The predicted molar refractivity (Wildman–Crippen MR) is 520 cm³/mol. The molecular formula is C94H106N32O6S4. The highest BCUT2D eigenvalue weighted by Gasteiger charge is 2.31. The Kier molecular flexibility index (Phi) is 31.0. The number of nitrogens with two attached hydrogens (primary N) is 2. The van der Waals surface area contributed by atoms with Gasteiger partial charge in [0.1, 0.15) is 54.2 Å². The number of hydrogen-bond donors (Lipinski definition) is 8. The summed E-state index contributed by atoms with van der Waals surface area (Å²) in [7, 11) is 1.90. The van der Waals surface area contributed by atoms with Gasteiger partial charge in [-0.2, -0.15) is 0 Å². The number of aromatic amines is 4. The molecule has 0 bridgehead atoms. The fourth-order valence-corrected chi connectivity index (χ4v) is 19.5. The van der Waals surface area contributed by atoms with Gasteiger partial charge in [-0.3, -0.25) is 57.0 Å². The molecule has 4 atom stereocenters. The molecule has 4 aliphatic heterocycles. The Hall–Kier alpha value is -13.5. The summed E-state index contributed by atoms with van der Waals surface area (Å²) in [6.07, 6.45) is 34.6. The fourth-order valence-electron chi connectivity index (χ4n) is 16.8. The number of rotatable bonds is 26. The van der Waals surface area contributed by atoms with E-state index in [1.165, 1.54) is 0 Å². The molecule has 38 nitrogen and oxygen atoms in total. The zero-order chi connectivity index (χ0) is 93.9. The third kappa shape index (κ3) is 25.5. The van der Waals surface area contributed by atoms with Crippen molar-refractivity contribution in [2.45, 2.75) is 154 Å². The monoisotopic (exact) mass is 1910 g/mol. The van der Waals surface area contributed by atoms with Gasteiger partial charge in [-0.25, -0.2) is 84.5 Å². The van der Waals surface area contributed by atoms with Gasteiger partial charge >= 0.3 is 6.09 Å². The highest BCUT2D eigenvalue weighted by atomic mass is 32.1. The molecule has 20 heterocycles. The van der Waals surface area contributed by atoms with Crippen molar-refractivity contribution in [2.75, 3.05) is 59.4 Å². The highest BCUT2D eigenvalue weighted by Crippen LogP contribution is 2.34. The highest BCUT2D eigenvalue weighted by molar-refractivity contribution is 7.14. The van der Waals surface area contributed by atoms with E-state index in [4.69, 9.17) is 36.1 Å². The first kappa shape index (κ1) is 94.2. The van der Waals surface area contributed by atoms with Crippen molar-refractivity contribution >= 4 is 51.4 Å². The quantitative estimate of drug-likeness (QED) is 0.0250. The predicted octanol–water partition coefficient (Wildman–Crippen LogP) is 11.1. The number of nitrogens with zero attached hydrogens (tertiary/aromatic N) is 24. The first-order chi connectivity index (χ1) is 66.2. The van der Waals surface area contributed by atoms with Crippen molar-refractivity contribution in [3.8, 4) is 66.1 Å². The third-order valence-electron chi connectivity index (χ3n) is 23.2. The summed E-state index contributed by atoms with van der Waals surface area (Å²) in [5.74, 6) is 6.01. The molecule has 4 aliphatic rings. The number of nitrogens with one attached hydrogen (secondary N) is 6. The smallest absolute Gasteiger partial charge is 0.407 e. The Labute approximate surface area is 798 Å². The molecule has 1 amide bonds. The largest absolute Gasteiger partial charge is 0.444 e. The molecule has 16 aromatic heterocycles. The number of hydrogen-bond acceptors (Lipinski definition) is 33. The first-order valence-electron chi connectivity index (χ1n) is 45.1. The van der Waals surface area contributed by atoms with Gasteiger partial charge in [-0.05, 0) is 157 Å². The van der Waals surface area contributed by atoms with Crippen LogP contribution in [0.3, 0.4) is 0 Å². The van der Waals surface area contributed by atoms with Crippen LogP contribution in [0.25, 0.3) is 66.1 Å². The van der Waals surface area contributed by atoms with Crippen LogP contribution in [0, 0.1) is 0 Å².